The monoisotopic (exact) mass is 345 g/mol. The van der Waals surface area contributed by atoms with Crippen molar-refractivity contribution in [2.24, 2.45) is 0 Å². The predicted octanol–water partition coefficient (Wildman–Crippen LogP) is 2.27. The highest BCUT2D eigenvalue weighted by Gasteiger charge is 2.13. The van der Waals surface area contributed by atoms with E-state index in [2.05, 4.69) is 20.9 Å². The fraction of sp³-hybridized carbons (Fsp3) is 0.500. The first-order valence-corrected chi connectivity index (χ1v) is 8.47. The van der Waals surface area contributed by atoms with Gasteiger partial charge in [0, 0.05) is 30.2 Å². The molecule has 7 nitrogen and oxygen atoms in total. The summed E-state index contributed by atoms with van der Waals surface area (Å²) in [5.41, 5.74) is 2.02. The quantitative estimate of drug-likeness (QED) is 0.777. The van der Waals surface area contributed by atoms with Gasteiger partial charge in [0.15, 0.2) is 0 Å². The molecule has 0 aliphatic rings. The molecule has 0 atom stereocenters. The van der Waals surface area contributed by atoms with Gasteiger partial charge in [-0.15, -0.1) is 0 Å². The summed E-state index contributed by atoms with van der Waals surface area (Å²) in [6, 6.07) is 5.35. The maximum atomic E-state index is 12.1. The third kappa shape index (κ3) is 5.48. The standard InChI is InChI=1S/C18H27N5O2/c1-12(2)21-16(24)13-6-7-15-14(10-13)20-11-23(15)9-8-19-17(25)22-18(3,4)5/h6-7,10-12H,8-9H2,1-5H3,(H,21,24)(H2,19,22,25). The number of nitrogens with one attached hydrogen (secondary N) is 3. The number of amides is 3. The smallest absolute Gasteiger partial charge is 0.315 e. The van der Waals surface area contributed by atoms with Crippen LogP contribution in [0.25, 0.3) is 11.0 Å². The van der Waals surface area contributed by atoms with Gasteiger partial charge in [0.25, 0.3) is 5.91 Å². The normalized spacial score (nSPS) is 11.6. The highest BCUT2D eigenvalue weighted by Crippen LogP contribution is 2.15. The molecule has 1 heterocycles. The average molecular weight is 345 g/mol. The van der Waals surface area contributed by atoms with Crippen molar-refractivity contribution in [3.05, 3.63) is 30.1 Å². The van der Waals surface area contributed by atoms with Crippen molar-refractivity contribution in [3.8, 4) is 0 Å². The molecule has 0 unspecified atom stereocenters. The Morgan fingerprint density at radius 3 is 2.60 bits per heavy atom. The molecule has 3 N–H and O–H groups in total. The Morgan fingerprint density at radius 1 is 1.24 bits per heavy atom. The van der Waals surface area contributed by atoms with Crippen LogP contribution >= 0.6 is 0 Å². The molecule has 2 rings (SSSR count). The minimum absolute atomic E-state index is 0.0890. The Bertz CT molecular complexity index is 758. The number of carbonyl (C=O) groups excluding carboxylic acids is 2. The SMILES string of the molecule is CC(C)NC(=O)c1ccc2c(c1)ncn2CCNC(=O)NC(C)(C)C. The van der Waals surface area contributed by atoms with Crippen molar-refractivity contribution in [1.29, 1.82) is 0 Å². The summed E-state index contributed by atoms with van der Waals surface area (Å²) in [5, 5.41) is 8.55. The zero-order valence-corrected chi connectivity index (χ0v) is 15.5. The topological polar surface area (TPSA) is 88.1 Å². The number of nitrogens with zero attached hydrogens (tertiary/aromatic N) is 2. The van der Waals surface area contributed by atoms with E-state index in [0.29, 0.717) is 18.7 Å². The first-order chi connectivity index (χ1) is 11.7. The lowest BCUT2D eigenvalue weighted by atomic mass is 10.1. The van der Waals surface area contributed by atoms with Crippen LogP contribution in [0.5, 0.6) is 0 Å². The van der Waals surface area contributed by atoms with E-state index in [-0.39, 0.29) is 23.5 Å². The van der Waals surface area contributed by atoms with Crippen LogP contribution < -0.4 is 16.0 Å². The van der Waals surface area contributed by atoms with Gasteiger partial charge in [0.05, 0.1) is 17.4 Å². The molecule has 7 heteroatoms. The van der Waals surface area contributed by atoms with Crippen molar-refractivity contribution >= 4 is 23.0 Å². The molecule has 0 saturated heterocycles. The molecule has 1 aromatic heterocycles. The van der Waals surface area contributed by atoms with Crippen LogP contribution in [-0.2, 0) is 6.54 Å². The van der Waals surface area contributed by atoms with E-state index in [9.17, 15) is 9.59 Å². The van der Waals surface area contributed by atoms with Gasteiger partial charge in [-0.05, 0) is 52.8 Å². The molecule has 1 aromatic carbocycles. The highest BCUT2D eigenvalue weighted by atomic mass is 16.2. The lowest BCUT2D eigenvalue weighted by Gasteiger charge is -2.20. The minimum atomic E-state index is -0.265. The molecule has 0 radical (unpaired) electrons. The number of hydrogen-bond donors (Lipinski definition) is 3. The first-order valence-electron chi connectivity index (χ1n) is 8.47. The second-order valence-corrected chi connectivity index (χ2v) is 7.40. The molecule has 136 valence electrons. The van der Waals surface area contributed by atoms with Crippen LogP contribution in [0.3, 0.4) is 0 Å². The second kappa shape index (κ2) is 7.55. The third-order valence-corrected chi connectivity index (χ3v) is 3.43. The van der Waals surface area contributed by atoms with Crippen LogP contribution in [-0.4, -0.2) is 39.6 Å². The number of carbonyl (C=O) groups is 2. The largest absolute Gasteiger partial charge is 0.350 e. The van der Waals surface area contributed by atoms with Gasteiger partial charge >= 0.3 is 6.03 Å². The first kappa shape index (κ1) is 18.8. The summed E-state index contributed by atoms with van der Waals surface area (Å²) in [6.07, 6.45) is 1.72. The van der Waals surface area contributed by atoms with Crippen molar-refractivity contribution in [2.45, 2.75) is 52.7 Å². The van der Waals surface area contributed by atoms with Gasteiger partial charge in [-0.2, -0.15) is 0 Å². The zero-order valence-electron chi connectivity index (χ0n) is 15.5. The molecule has 0 saturated carbocycles. The van der Waals surface area contributed by atoms with E-state index in [0.717, 1.165) is 11.0 Å². The summed E-state index contributed by atoms with van der Waals surface area (Å²) in [5.74, 6) is -0.105. The lowest BCUT2D eigenvalue weighted by molar-refractivity contribution is 0.0943. The number of rotatable bonds is 5. The molecular formula is C18H27N5O2. The molecule has 3 amide bonds. The second-order valence-electron chi connectivity index (χ2n) is 7.40. The van der Waals surface area contributed by atoms with Gasteiger partial charge in [0.2, 0.25) is 0 Å². The van der Waals surface area contributed by atoms with Crippen LogP contribution in [0, 0.1) is 0 Å². The van der Waals surface area contributed by atoms with Crippen LogP contribution in [0.4, 0.5) is 4.79 Å². The number of urea groups is 1. The summed E-state index contributed by atoms with van der Waals surface area (Å²) >= 11 is 0. The van der Waals surface area contributed by atoms with Gasteiger partial charge < -0.3 is 20.5 Å². The summed E-state index contributed by atoms with van der Waals surface area (Å²) in [4.78, 5) is 28.2. The van der Waals surface area contributed by atoms with E-state index in [1.165, 1.54) is 0 Å². The van der Waals surface area contributed by atoms with E-state index >= 15 is 0 Å². The molecule has 0 aliphatic carbocycles. The van der Waals surface area contributed by atoms with Crippen LogP contribution in [0.2, 0.25) is 0 Å². The Hall–Kier alpha value is -2.57. The van der Waals surface area contributed by atoms with Gasteiger partial charge in [-0.3, -0.25) is 4.79 Å². The zero-order chi connectivity index (χ0) is 18.6. The lowest BCUT2D eigenvalue weighted by Crippen LogP contribution is -2.47. The molecule has 0 bridgehead atoms. The fourth-order valence-electron chi connectivity index (χ4n) is 2.40. The Morgan fingerprint density at radius 2 is 1.96 bits per heavy atom. The third-order valence-electron chi connectivity index (χ3n) is 3.43. The maximum absolute atomic E-state index is 12.1. The Labute approximate surface area is 148 Å². The van der Waals surface area contributed by atoms with Crippen molar-refractivity contribution in [3.63, 3.8) is 0 Å². The van der Waals surface area contributed by atoms with Crippen molar-refractivity contribution in [2.75, 3.05) is 6.54 Å². The molecular weight excluding hydrogens is 318 g/mol. The molecule has 0 aliphatic heterocycles. The molecule has 2 aromatic rings. The number of imidazole rings is 1. The van der Waals surface area contributed by atoms with E-state index in [1.807, 2.05) is 45.3 Å². The summed E-state index contributed by atoms with van der Waals surface area (Å²) < 4.78 is 1.96. The number of aromatic nitrogens is 2. The van der Waals surface area contributed by atoms with Gasteiger partial charge in [-0.25, -0.2) is 9.78 Å². The van der Waals surface area contributed by atoms with Gasteiger partial charge in [0.1, 0.15) is 0 Å². The van der Waals surface area contributed by atoms with E-state index in [4.69, 9.17) is 0 Å². The van der Waals surface area contributed by atoms with Crippen molar-refractivity contribution < 1.29 is 9.59 Å². The van der Waals surface area contributed by atoms with E-state index < -0.39 is 0 Å². The summed E-state index contributed by atoms with van der Waals surface area (Å²) in [6.45, 7) is 10.7. The minimum Gasteiger partial charge on any atom is -0.350 e. The average Bonchev–Trinajstić information content (AvgIpc) is 2.87. The van der Waals surface area contributed by atoms with E-state index in [1.54, 1.807) is 18.5 Å². The Balaban J connectivity index is 1.99. The predicted molar refractivity (Wildman–Crippen MR) is 98.6 cm³/mol. The number of benzene rings is 1. The number of fused-ring (bicyclic) bond motifs is 1. The highest BCUT2D eigenvalue weighted by molar-refractivity contribution is 5.97. The Kier molecular flexibility index (Phi) is 5.66. The summed E-state index contributed by atoms with van der Waals surface area (Å²) in [7, 11) is 0. The maximum Gasteiger partial charge on any atom is 0.315 e. The van der Waals surface area contributed by atoms with Crippen molar-refractivity contribution in [1.82, 2.24) is 25.5 Å². The number of hydrogen-bond acceptors (Lipinski definition) is 3. The fourth-order valence-corrected chi connectivity index (χ4v) is 2.40. The molecule has 25 heavy (non-hydrogen) atoms. The van der Waals surface area contributed by atoms with Crippen LogP contribution in [0.15, 0.2) is 24.5 Å². The molecule has 0 fully saturated rings. The molecule has 0 spiro atoms. The van der Waals surface area contributed by atoms with Crippen LogP contribution in [0.1, 0.15) is 45.0 Å². The van der Waals surface area contributed by atoms with Gasteiger partial charge in [-0.1, -0.05) is 0 Å².